The predicted octanol–water partition coefficient (Wildman–Crippen LogP) is 4.28. The quantitative estimate of drug-likeness (QED) is 0.889. The van der Waals surface area contributed by atoms with Crippen molar-refractivity contribution in [3.05, 3.63) is 48.3 Å². The zero-order valence-electron chi connectivity index (χ0n) is 13.4. The van der Waals surface area contributed by atoms with E-state index in [9.17, 15) is 14.3 Å². The molecule has 3 rings (SSSR count). The fraction of sp³-hybridized carbons (Fsp3) is 0.316. The number of carboxylic acid groups (broad SMARTS) is 1. The lowest BCUT2D eigenvalue weighted by atomic mass is 10.0. The molecule has 1 fully saturated rings. The van der Waals surface area contributed by atoms with Crippen molar-refractivity contribution in [1.29, 1.82) is 0 Å². The molecule has 2 aromatic rings. The van der Waals surface area contributed by atoms with Gasteiger partial charge in [0, 0.05) is 5.56 Å². The predicted molar refractivity (Wildman–Crippen MR) is 87.9 cm³/mol. The van der Waals surface area contributed by atoms with Gasteiger partial charge in [0.1, 0.15) is 17.3 Å². The number of methoxy groups -OCH3 is 1. The molecule has 0 saturated heterocycles. The molecule has 1 saturated carbocycles. The van der Waals surface area contributed by atoms with Gasteiger partial charge < -0.3 is 14.6 Å². The van der Waals surface area contributed by atoms with E-state index in [1.54, 1.807) is 24.3 Å². The maximum absolute atomic E-state index is 13.6. The van der Waals surface area contributed by atoms with Crippen molar-refractivity contribution in [2.45, 2.75) is 31.3 Å². The van der Waals surface area contributed by atoms with E-state index in [1.807, 2.05) is 6.07 Å². The Morgan fingerprint density at radius 3 is 2.58 bits per heavy atom. The first-order chi connectivity index (χ1) is 11.5. The lowest BCUT2D eigenvalue weighted by Gasteiger charge is -2.25. The molecule has 0 radical (unpaired) electrons. The van der Waals surface area contributed by atoms with Crippen LogP contribution in [-0.2, 0) is 4.79 Å². The fourth-order valence-electron chi connectivity index (χ4n) is 3.16. The summed E-state index contributed by atoms with van der Waals surface area (Å²) >= 11 is 0. The van der Waals surface area contributed by atoms with Gasteiger partial charge in [-0.15, -0.1) is 0 Å². The van der Waals surface area contributed by atoms with Gasteiger partial charge in [-0.05, 0) is 61.6 Å². The van der Waals surface area contributed by atoms with Crippen molar-refractivity contribution >= 4 is 5.97 Å². The van der Waals surface area contributed by atoms with E-state index in [2.05, 4.69) is 0 Å². The smallest absolute Gasteiger partial charge is 0.348 e. The van der Waals surface area contributed by atoms with Crippen LogP contribution >= 0.6 is 0 Å². The third kappa shape index (κ3) is 3.07. The Kier molecular flexibility index (Phi) is 4.42. The van der Waals surface area contributed by atoms with Crippen molar-refractivity contribution in [3.63, 3.8) is 0 Å². The molecule has 0 unspecified atom stereocenters. The molecule has 2 aromatic carbocycles. The molecule has 0 aromatic heterocycles. The van der Waals surface area contributed by atoms with Crippen LogP contribution in [0.5, 0.6) is 11.5 Å². The van der Waals surface area contributed by atoms with Gasteiger partial charge in [-0.2, -0.15) is 0 Å². The minimum absolute atomic E-state index is 0.366. The summed E-state index contributed by atoms with van der Waals surface area (Å²) in [4.78, 5) is 11.6. The number of carboxylic acids is 1. The van der Waals surface area contributed by atoms with Crippen LogP contribution in [-0.4, -0.2) is 23.8 Å². The van der Waals surface area contributed by atoms with E-state index in [-0.39, 0.29) is 5.82 Å². The molecule has 4 nitrogen and oxygen atoms in total. The molecule has 24 heavy (non-hydrogen) atoms. The van der Waals surface area contributed by atoms with Crippen LogP contribution in [0.25, 0.3) is 11.1 Å². The van der Waals surface area contributed by atoms with Crippen molar-refractivity contribution in [1.82, 2.24) is 0 Å². The summed E-state index contributed by atoms with van der Waals surface area (Å²) in [6.45, 7) is 0. The summed E-state index contributed by atoms with van der Waals surface area (Å²) in [6, 6.07) is 11.3. The van der Waals surface area contributed by atoms with Crippen molar-refractivity contribution in [2.24, 2.45) is 0 Å². The minimum Gasteiger partial charge on any atom is -0.496 e. The highest BCUT2D eigenvalue weighted by molar-refractivity contribution is 5.78. The highest BCUT2D eigenvalue weighted by Crippen LogP contribution is 2.37. The number of hydrogen-bond donors (Lipinski definition) is 1. The third-order valence-electron chi connectivity index (χ3n) is 4.42. The highest BCUT2D eigenvalue weighted by atomic mass is 19.1. The number of aliphatic carboxylic acids is 1. The third-order valence-corrected chi connectivity index (χ3v) is 4.42. The standard InChI is InChI=1S/C19H19FO4/c1-23-17-8-7-14(20)12-16(17)13-5-4-6-15(11-13)24-19(18(21)22)9-2-3-10-19/h4-8,11-12H,2-3,9-10H2,1H3,(H,21,22). The van der Waals surface area contributed by atoms with Gasteiger partial charge in [0.15, 0.2) is 0 Å². The molecular formula is C19H19FO4. The molecule has 5 heteroatoms. The van der Waals surface area contributed by atoms with Crippen LogP contribution < -0.4 is 9.47 Å². The van der Waals surface area contributed by atoms with Gasteiger partial charge in [0.05, 0.1) is 7.11 Å². The normalized spacial score (nSPS) is 15.9. The number of benzene rings is 2. The Morgan fingerprint density at radius 2 is 1.92 bits per heavy atom. The van der Waals surface area contributed by atoms with Gasteiger partial charge in [-0.1, -0.05) is 12.1 Å². The summed E-state index contributed by atoms with van der Waals surface area (Å²) in [5.74, 6) is -0.297. The maximum atomic E-state index is 13.6. The van der Waals surface area contributed by atoms with Gasteiger partial charge in [-0.25, -0.2) is 9.18 Å². The topological polar surface area (TPSA) is 55.8 Å². The first-order valence-electron chi connectivity index (χ1n) is 7.90. The van der Waals surface area contributed by atoms with E-state index in [0.717, 1.165) is 12.8 Å². The Bertz CT molecular complexity index is 751. The van der Waals surface area contributed by atoms with Crippen molar-refractivity contribution < 1.29 is 23.8 Å². The molecule has 0 spiro atoms. The second kappa shape index (κ2) is 6.51. The SMILES string of the molecule is COc1ccc(F)cc1-c1cccc(OC2(C(=O)O)CCCC2)c1. The number of ether oxygens (including phenoxy) is 2. The summed E-state index contributed by atoms with van der Waals surface area (Å²) in [6.07, 6.45) is 2.67. The zero-order valence-corrected chi connectivity index (χ0v) is 13.4. The molecule has 0 aliphatic heterocycles. The van der Waals surface area contributed by atoms with Crippen molar-refractivity contribution in [2.75, 3.05) is 7.11 Å². The molecule has 0 heterocycles. The number of hydrogen-bond acceptors (Lipinski definition) is 3. The summed E-state index contributed by atoms with van der Waals surface area (Å²) < 4.78 is 24.7. The van der Waals surface area contributed by atoms with E-state index in [4.69, 9.17) is 9.47 Å². The minimum atomic E-state index is -1.16. The number of halogens is 1. The Labute approximate surface area is 139 Å². The van der Waals surface area contributed by atoms with E-state index < -0.39 is 11.6 Å². The van der Waals surface area contributed by atoms with Gasteiger partial charge in [-0.3, -0.25) is 0 Å². The molecule has 1 aliphatic rings. The second-order valence-corrected chi connectivity index (χ2v) is 5.98. The summed E-state index contributed by atoms with van der Waals surface area (Å²) in [5, 5.41) is 9.54. The average molecular weight is 330 g/mol. The van der Waals surface area contributed by atoms with Gasteiger partial charge >= 0.3 is 5.97 Å². The fourth-order valence-corrected chi connectivity index (χ4v) is 3.16. The lowest BCUT2D eigenvalue weighted by molar-refractivity contribution is -0.154. The molecule has 1 N–H and O–H groups in total. The Hall–Kier alpha value is -2.56. The Morgan fingerprint density at radius 1 is 1.17 bits per heavy atom. The van der Waals surface area contributed by atoms with E-state index in [1.165, 1.54) is 19.2 Å². The van der Waals surface area contributed by atoms with Crippen molar-refractivity contribution in [3.8, 4) is 22.6 Å². The number of carbonyl (C=O) groups is 1. The summed E-state index contributed by atoms with van der Waals surface area (Å²) in [5.41, 5.74) is 0.145. The average Bonchev–Trinajstić information content (AvgIpc) is 3.05. The molecule has 126 valence electrons. The summed E-state index contributed by atoms with van der Waals surface area (Å²) in [7, 11) is 1.52. The molecule has 0 atom stereocenters. The lowest BCUT2D eigenvalue weighted by Crippen LogP contribution is -2.41. The van der Waals surface area contributed by atoms with E-state index in [0.29, 0.717) is 35.5 Å². The first kappa shape index (κ1) is 16.3. The number of rotatable bonds is 5. The second-order valence-electron chi connectivity index (χ2n) is 5.98. The molecule has 0 bridgehead atoms. The first-order valence-corrected chi connectivity index (χ1v) is 7.90. The van der Waals surface area contributed by atoms with Crippen LogP contribution in [0.4, 0.5) is 4.39 Å². The van der Waals surface area contributed by atoms with Crippen LogP contribution in [0.1, 0.15) is 25.7 Å². The van der Waals surface area contributed by atoms with Crippen LogP contribution in [0.3, 0.4) is 0 Å². The molecule has 0 amide bonds. The van der Waals surface area contributed by atoms with Gasteiger partial charge in [0.25, 0.3) is 0 Å². The largest absolute Gasteiger partial charge is 0.496 e. The zero-order chi connectivity index (χ0) is 17.2. The highest BCUT2D eigenvalue weighted by Gasteiger charge is 2.43. The van der Waals surface area contributed by atoms with Crippen LogP contribution in [0.2, 0.25) is 0 Å². The maximum Gasteiger partial charge on any atom is 0.348 e. The monoisotopic (exact) mass is 330 g/mol. The van der Waals surface area contributed by atoms with Gasteiger partial charge in [0.2, 0.25) is 5.60 Å². The van der Waals surface area contributed by atoms with Crippen LogP contribution in [0, 0.1) is 5.82 Å². The van der Waals surface area contributed by atoms with E-state index >= 15 is 0 Å². The molecular weight excluding hydrogens is 311 g/mol. The molecule has 1 aliphatic carbocycles. The Balaban J connectivity index is 1.95. The van der Waals surface area contributed by atoms with Crippen LogP contribution in [0.15, 0.2) is 42.5 Å².